The molecular weight excluding hydrogens is 420 g/mol. The van der Waals surface area contributed by atoms with Crippen LogP contribution < -0.4 is 5.32 Å². The number of nitrogens with zero attached hydrogens (tertiary/aromatic N) is 3. The number of sulfonamides is 1. The molecule has 1 aromatic carbocycles. The summed E-state index contributed by atoms with van der Waals surface area (Å²) in [6, 6.07) is 7.62. The Bertz CT molecular complexity index is 956. The fourth-order valence-electron chi connectivity index (χ4n) is 4.15. The van der Waals surface area contributed by atoms with E-state index in [0.29, 0.717) is 18.1 Å². The molecule has 0 spiro atoms. The van der Waals surface area contributed by atoms with Gasteiger partial charge in [-0.2, -0.15) is 4.31 Å². The van der Waals surface area contributed by atoms with Gasteiger partial charge in [-0.05, 0) is 50.9 Å². The van der Waals surface area contributed by atoms with Crippen LogP contribution in [0.5, 0.6) is 0 Å². The van der Waals surface area contributed by atoms with Crippen LogP contribution in [0, 0.1) is 0 Å². The zero-order valence-electron chi connectivity index (χ0n) is 17.0. The van der Waals surface area contributed by atoms with Gasteiger partial charge >= 0.3 is 0 Å². The smallest absolute Gasteiger partial charge is 0.244 e. The van der Waals surface area contributed by atoms with Gasteiger partial charge in [-0.3, -0.25) is 9.69 Å². The molecule has 2 fully saturated rings. The number of aromatic nitrogens is 1. The summed E-state index contributed by atoms with van der Waals surface area (Å²) >= 11 is 1.40. The summed E-state index contributed by atoms with van der Waals surface area (Å²) < 4.78 is 27.6. The molecule has 2 aliphatic heterocycles. The van der Waals surface area contributed by atoms with Gasteiger partial charge in [0, 0.05) is 18.5 Å². The van der Waals surface area contributed by atoms with Crippen LogP contribution >= 0.6 is 11.3 Å². The van der Waals surface area contributed by atoms with Crippen molar-refractivity contribution in [1.82, 2.24) is 14.2 Å². The van der Waals surface area contributed by atoms with Crippen LogP contribution in [0.2, 0.25) is 0 Å². The number of piperidine rings is 2. The van der Waals surface area contributed by atoms with Gasteiger partial charge in [0.05, 0.1) is 10.6 Å². The highest BCUT2D eigenvalue weighted by molar-refractivity contribution is 7.89. The van der Waals surface area contributed by atoms with Crippen LogP contribution in [0.15, 0.2) is 40.6 Å². The first kappa shape index (κ1) is 21.4. The molecule has 0 aliphatic carbocycles. The zero-order valence-corrected chi connectivity index (χ0v) is 18.6. The van der Waals surface area contributed by atoms with Crippen molar-refractivity contribution in [3.63, 3.8) is 0 Å². The summed E-state index contributed by atoms with van der Waals surface area (Å²) in [6.07, 6.45) is 5.84. The van der Waals surface area contributed by atoms with Crippen LogP contribution in [0.25, 0.3) is 0 Å². The number of amides is 1. The van der Waals surface area contributed by atoms with Gasteiger partial charge in [0.25, 0.3) is 0 Å². The van der Waals surface area contributed by atoms with E-state index in [0.717, 1.165) is 38.2 Å². The van der Waals surface area contributed by atoms with E-state index in [1.54, 1.807) is 30.3 Å². The topological polar surface area (TPSA) is 82.6 Å². The van der Waals surface area contributed by atoms with E-state index in [1.165, 1.54) is 34.9 Å². The van der Waals surface area contributed by atoms with E-state index in [9.17, 15) is 13.2 Å². The molecule has 1 atom stereocenters. The van der Waals surface area contributed by atoms with Gasteiger partial charge in [-0.15, -0.1) is 11.3 Å². The van der Waals surface area contributed by atoms with E-state index in [2.05, 4.69) is 15.2 Å². The molecule has 1 aromatic heterocycles. The standard InChI is InChI=1S/C21H28N4O3S2/c26-20(23-21-22-17(16-29-21)15-24-12-6-2-7-13-24)19-11-5-8-14-25(19)30(27,28)18-9-3-1-4-10-18/h1,3-4,9-10,16,19H,2,5-8,11-15H2,(H,22,23,26). The normalized spacial score (nSPS) is 21.4. The molecule has 3 heterocycles. The van der Waals surface area contributed by atoms with Crippen molar-refractivity contribution < 1.29 is 13.2 Å². The molecule has 2 aromatic rings. The molecule has 4 rings (SSSR count). The van der Waals surface area contributed by atoms with Crippen LogP contribution in [-0.4, -0.2) is 54.2 Å². The second-order valence-electron chi connectivity index (χ2n) is 7.91. The fourth-order valence-corrected chi connectivity index (χ4v) is 6.54. The van der Waals surface area contributed by atoms with Crippen LogP contribution in [0.4, 0.5) is 5.13 Å². The van der Waals surface area contributed by atoms with Crippen molar-refractivity contribution >= 4 is 32.4 Å². The Balaban J connectivity index is 1.44. The minimum Gasteiger partial charge on any atom is -0.301 e. The van der Waals surface area contributed by atoms with E-state index < -0.39 is 16.1 Å². The highest BCUT2D eigenvalue weighted by Crippen LogP contribution is 2.27. The molecule has 0 radical (unpaired) electrons. The van der Waals surface area contributed by atoms with Crippen LogP contribution in [-0.2, 0) is 21.4 Å². The lowest BCUT2D eigenvalue weighted by atomic mass is 10.0. The zero-order chi connectivity index (χ0) is 21.0. The Morgan fingerprint density at radius 1 is 1.07 bits per heavy atom. The molecule has 162 valence electrons. The SMILES string of the molecule is O=C(Nc1nc(CN2CCCCC2)cs1)C1CCCCN1S(=O)(=O)c1ccccc1. The summed E-state index contributed by atoms with van der Waals surface area (Å²) in [5.41, 5.74) is 0.953. The van der Waals surface area contributed by atoms with Crippen molar-refractivity contribution in [2.45, 2.75) is 56.0 Å². The Hall–Kier alpha value is -1.81. The van der Waals surface area contributed by atoms with Crippen LogP contribution in [0.1, 0.15) is 44.2 Å². The average Bonchev–Trinajstić information content (AvgIpc) is 3.21. The number of hydrogen-bond donors (Lipinski definition) is 1. The molecule has 0 saturated carbocycles. The van der Waals surface area contributed by atoms with Gasteiger partial charge < -0.3 is 5.32 Å². The number of nitrogens with one attached hydrogen (secondary N) is 1. The molecule has 0 bridgehead atoms. The number of benzene rings is 1. The highest BCUT2D eigenvalue weighted by atomic mass is 32.2. The molecular formula is C21H28N4O3S2. The predicted octanol–water partition coefficient (Wildman–Crippen LogP) is 3.31. The largest absolute Gasteiger partial charge is 0.301 e. The molecule has 30 heavy (non-hydrogen) atoms. The number of thiazole rings is 1. The number of anilines is 1. The van der Waals surface area contributed by atoms with Crippen LogP contribution in [0.3, 0.4) is 0 Å². The maximum atomic E-state index is 13.1. The second-order valence-corrected chi connectivity index (χ2v) is 10.7. The first-order valence-electron chi connectivity index (χ1n) is 10.6. The Kier molecular flexibility index (Phi) is 6.82. The third kappa shape index (κ3) is 4.91. The second kappa shape index (κ2) is 9.55. The monoisotopic (exact) mass is 448 g/mol. The first-order valence-corrected chi connectivity index (χ1v) is 12.9. The number of hydrogen-bond acceptors (Lipinski definition) is 6. The Morgan fingerprint density at radius 2 is 1.80 bits per heavy atom. The number of carbonyl (C=O) groups is 1. The van der Waals surface area contributed by atoms with E-state index in [4.69, 9.17) is 0 Å². The van der Waals surface area contributed by atoms with Gasteiger partial charge in [0.15, 0.2) is 5.13 Å². The van der Waals surface area contributed by atoms with Crippen molar-refractivity contribution in [3.05, 3.63) is 41.4 Å². The summed E-state index contributed by atoms with van der Waals surface area (Å²) in [7, 11) is -3.71. The average molecular weight is 449 g/mol. The first-order chi connectivity index (χ1) is 14.5. The summed E-state index contributed by atoms with van der Waals surface area (Å²) in [4.78, 5) is 20.2. The van der Waals surface area contributed by atoms with Crippen molar-refractivity contribution in [1.29, 1.82) is 0 Å². The highest BCUT2D eigenvalue weighted by Gasteiger charge is 2.37. The van der Waals surface area contributed by atoms with Crippen molar-refractivity contribution in [3.8, 4) is 0 Å². The fraction of sp³-hybridized carbons (Fsp3) is 0.524. The molecule has 9 heteroatoms. The maximum Gasteiger partial charge on any atom is 0.244 e. The minimum absolute atomic E-state index is 0.225. The lowest BCUT2D eigenvalue weighted by Crippen LogP contribution is -2.49. The van der Waals surface area contributed by atoms with Crippen molar-refractivity contribution in [2.75, 3.05) is 25.0 Å². The lowest BCUT2D eigenvalue weighted by molar-refractivity contribution is -0.120. The summed E-state index contributed by atoms with van der Waals surface area (Å²) in [6.45, 7) is 3.33. The number of carbonyl (C=O) groups excluding carboxylic acids is 1. The molecule has 7 nitrogen and oxygen atoms in total. The van der Waals surface area contributed by atoms with E-state index in [1.807, 2.05) is 5.38 Å². The quantitative estimate of drug-likeness (QED) is 0.733. The molecule has 1 amide bonds. The molecule has 2 aliphatic rings. The molecule has 2 saturated heterocycles. The molecule has 1 N–H and O–H groups in total. The third-order valence-corrected chi connectivity index (χ3v) is 8.45. The Labute approximate surface area is 182 Å². The number of likely N-dealkylation sites (tertiary alicyclic amines) is 1. The van der Waals surface area contributed by atoms with Gasteiger partial charge in [0.1, 0.15) is 6.04 Å². The van der Waals surface area contributed by atoms with E-state index in [-0.39, 0.29) is 10.8 Å². The lowest BCUT2D eigenvalue weighted by Gasteiger charge is -2.33. The minimum atomic E-state index is -3.71. The van der Waals surface area contributed by atoms with Gasteiger partial charge in [-0.25, -0.2) is 13.4 Å². The van der Waals surface area contributed by atoms with Gasteiger partial charge in [-0.1, -0.05) is 31.0 Å². The van der Waals surface area contributed by atoms with E-state index >= 15 is 0 Å². The van der Waals surface area contributed by atoms with Crippen molar-refractivity contribution in [2.24, 2.45) is 0 Å². The maximum absolute atomic E-state index is 13.1. The summed E-state index contributed by atoms with van der Waals surface area (Å²) in [5.74, 6) is -0.298. The summed E-state index contributed by atoms with van der Waals surface area (Å²) in [5, 5.41) is 5.38. The predicted molar refractivity (Wildman–Crippen MR) is 118 cm³/mol. The number of rotatable bonds is 6. The third-order valence-electron chi connectivity index (χ3n) is 5.72. The Morgan fingerprint density at radius 3 is 2.57 bits per heavy atom. The molecule has 1 unspecified atom stereocenters. The van der Waals surface area contributed by atoms with Gasteiger partial charge in [0.2, 0.25) is 15.9 Å².